The van der Waals surface area contributed by atoms with Gasteiger partial charge >= 0.3 is 5.69 Å². The highest BCUT2D eigenvalue weighted by atomic mass is 32.1. The third-order valence-corrected chi connectivity index (χ3v) is 6.40. The predicted molar refractivity (Wildman–Crippen MR) is 116 cm³/mol. The minimum atomic E-state index is -0.602. The molecule has 162 valence electrons. The first-order valence-corrected chi connectivity index (χ1v) is 10.7. The van der Waals surface area contributed by atoms with Crippen LogP contribution in [0.2, 0.25) is 0 Å². The second-order valence-corrected chi connectivity index (χ2v) is 8.40. The molecule has 0 spiro atoms. The largest absolute Gasteiger partial charge is 0.445 e. The minimum absolute atomic E-state index is 0.164. The maximum absolute atomic E-state index is 13.3. The summed E-state index contributed by atoms with van der Waals surface area (Å²) in [7, 11) is 0. The summed E-state index contributed by atoms with van der Waals surface area (Å²) < 4.78 is 22.1. The Morgan fingerprint density at radius 3 is 2.56 bits per heavy atom. The van der Waals surface area contributed by atoms with E-state index in [0.717, 1.165) is 23.3 Å². The molecule has 5 rings (SSSR count). The van der Waals surface area contributed by atoms with Crippen LogP contribution in [-0.4, -0.2) is 25.2 Å². The zero-order valence-electron chi connectivity index (χ0n) is 17.0. The third kappa shape index (κ3) is 3.48. The van der Waals surface area contributed by atoms with Crippen molar-refractivity contribution in [1.29, 1.82) is 0 Å². The van der Waals surface area contributed by atoms with E-state index in [-0.39, 0.29) is 22.6 Å². The number of amides is 1. The number of carbonyl (C=O) groups excluding carboxylic acids is 1. The number of ether oxygens (including phenoxy) is 1. The van der Waals surface area contributed by atoms with Gasteiger partial charge in [0.25, 0.3) is 5.91 Å². The van der Waals surface area contributed by atoms with E-state index in [9.17, 15) is 14.0 Å². The molecular weight excluding hydrogens is 433 g/mol. The molecule has 1 atom stereocenters. The summed E-state index contributed by atoms with van der Waals surface area (Å²) in [6, 6.07) is 12.9. The smallest absolute Gasteiger partial charge is 0.351 e. The van der Waals surface area contributed by atoms with E-state index >= 15 is 0 Å². The zero-order valence-corrected chi connectivity index (χ0v) is 17.8. The van der Waals surface area contributed by atoms with Crippen molar-refractivity contribution in [3.05, 3.63) is 86.9 Å². The molecule has 10 heteroatoms. The van der Waals surface area contributed by atoms with Crippen LogP contribution in [0.5, 0.6) is 10.8 Å². The number of carbonyl (C=O) groups is 1. The van der Waals surface area contributed by atoms with Gasteiger partial charge in [0.05, 0.1) is 17.4 Å². The van der Waals surface area contributed by atoms with Crippen LogP contribution < -0.4 is 16.2 Å². The van der Waals surface area contributed by atoms with E-state index in [0.29, 0.717) is 34.4 Å². The highest BCUT2D eigenvalue weighted by Gasteiger charge is 2.29. The van der Waals surface area contributed by atoms with E-state index in [1.165, 1.54) is 16.8 Å². The van der Waals surface area contributed by atoms with Gasteiger partial charge in [-0.25, -0.2) is 14.2 Å². The number of benzene rings is 2. The van der Waals surface area contributed by atoms with Gasteiger partial charge < -0.3 is 10.5 Å². The Kier molecular flexibility index (Phi) is 4.86. The van der Waals surface area contributed by atoms with E-state index in [4.69, 9.17) is 10.5 Å². The molecule has 1 aliphatic heterocycles. The summed E-state index contributed by atoms with van der Waals surface area (Å²) in [5, 5.41) is 5.16. The number of hydrogen-bond donors (Lipinski definition) is 1. The van der Waals surface area contributed by atoms with Crippen LogP contribution in [-0.2, 0) is 6.42 Å². The molecular formula is C22H18FN5O3S. The maximum Gasteiger partial charge on any atom is 0.351 e. The van der Waals surface area contributed by atoms with Gasteiger partial charge in [-0.3, -0.25) is 9.36 Å². The molecule has 2 aromatic carbocycles. The van der Waals surface area contributed by atoms with Crippen molar-refractivity contribution in [2.24, 2.45) is 5.73 Å². The van der Waals surface area contributed by atoms with Crippen LogP contribution in [0.25, 0.3) is 5.69 Å². The Morgan fingerprint density at radius 2 is 1.91 bits per heavy atom. The number of aromatic nitrogens is 4. The summed E-state index contributed by atoms with van der Waals surface area (Å²) in [6.45, 7) is 1.73. The molecule has 0 saturated heterocycles. The fraction of sp³-hybridized carbons (Fsp3) is 0.182. The van der Waals surface area contributed by atoms with Gasteiger partial charge in [0, 0.05) is 6.42 Å². The third-order valence-electron chi connectivity index (χ3n) is 5.35. The number of thiazole rings is 1. The predicted octanol–water partition coefficient (Wildman–Crippen LogP) is 3.36. The monoisotopic (exact) mass is 451 g/mol. The van der Waals surface area contributed by atoms with Crippen LogP contribution in [0.1, 0.15) is 39.3 Å². The molecule has 32 heavy (non-hydrogen) atoms. The number of aryl methyl sites for hydroxylation is 2. The van der Waals surface area contributed by atoms with E-state index in [2.05, 4.69) is 10.1 Å². The fourth-order valence-electron chi connectivity index (χ4n) is 3.81. The van der Waals surface area contributed by atoms with Crippen molar-refractivity contribution < 1.29 is 13.9 Å². The Balaban J connectivity index is 1.41. The fourth-order valence-corrected chi connectivity index (χ4v) is 4.60. The number of hydrogen-bond acceptors (Lipinski definition) is 6. The lowest BCUT2D eigenvalue weighted by Gasteiger charge is -2.12. The number of primary amides is 1. The standard InChI is InChI=1S/C22H18FN5O3S/c1-12-21(32-20(25-12)19(24)29)31-16-8-6-15(7-9-16)28-22(30)27-17(10-11-18(27)26-28)13-2-4-14(23)5-3-13/h2-9,17H,10-11H2,1H3,(H2,24,29). The molecule has 2 aromatic heterocycles. The Labute approximate surface area is 185 Å². The van der Waals surface area contributed by atoms with Crippen molar-refractivity contribution in [3.63, 3.8) is 0 Å². The SMILES string of the molecule is Cc1nc(C(N)=O)sc1Oc1ccc(-n2nc3n(c2=O)C(c2ccc(F)cc2)CC3)cc1. The van der Waals surface area contributed by atoms with Crippen molar-refractivity contribution >= 4 is 17.2 Å². The summed E-state index contributed by atoms with van der Waals surface area (Å²) in [4.78, 5) is 28.5. The topological polar surface area (TPSA) is 105 Å². The number of halogens is 1. The molecule has 3 heterocycles. The molecule has 8 nitrogen and oxygen atoms in total. The maximum atomic E-state index is 13.3. The highest BCUT2D eigenvalue weighted by molar-refractivity contribution is 7.15. The normalized spacial score (nSPS) is 15.0. The average molecular weight is 451 g/mol. The molecule has 4 aromatic rings. The lowest BCUT2D eigenvalue weighted by Crippen LogP contribution is -2.26. The lowest BCUT2D eigenvalue weighted by atomic mass is 10.1. The highest BCUT2D eigenvalue weighted by Crippen LogP contribution is 2.32. The van der Waals surface area contributed by atoms with Crippen molar-refractivity contribution in [3.8, 4) is 16.5 Å². The molecule has 0 aliphatic carbocycles. The number of nitrogens with two attached hydrogens (primary N) is 1. The van der Waals surface area contributed by atoms with Crippen molar-refractivity contribution in [1.82, 2.24) is 19.3 Å². The molecule has 0 bridgehead atoms. The van der Waals surface area contributed by atoms with Gasteiger partial charge in [-0.05, 0) is 55.3 Å². The van der Waals surface area contributed by atoms with Crippen LogP contribution >= 0.6 is 11.3 Å². The number of fused-ring (bicyclic) bond motifs is 1. The first kappa shape index (κ1) is 20.1. The van der Waals surface area contributed by atoms with Crippen LogP contribution in [0.4, 0.5) is 4.39 Å². The zero-order chi connectivity index (χ0) is 22.4. The van der Waals surface area contributed by atoms with Crippen molar-refractivity contribution in [2.45, 2.75) is 25.8 Å². The Bertz CT molecular complexity index is 1370. The van der Waals surface area contributed by atoms with Gasteiger partial charge in [-0.15, -0.1) is 5.10 Å². The summed E-state index contributed by atoms with van der Waals surface area (Å²) in [5.41, 5.74) is 7.07. The molecule has 0 saturated carbocycles. The van der Waals surface area contributed by atoms with Gasteiger partial charge in [0.1, 0.15) is 17.4 Å². The average Bonchev–Trinajstić information content (AvgIpc) is 3.45. The second-order valence-electron chi connectivity index (χ2n) is 7.44. The van der Waals surface area contributed by atoms with Crippen LogP contribution in [0.3, 0.4) is 0 Å². The lowest BCUT2D eigenvalue weighted by molar-refractivity contribution is 0.1000. The van der Waals surface area contributed by atoms with Gasteiger partial charge in [-0.1, -0.05) is 23.5 Å². The van der Waals surface area contributed by atoms with Gasteiger partial charge in [0.2, 0.25) is 5.06 Å². The first-order chi connectivity index (χ1) is 15.4. The van der Waals surface area contributed by atoms with E-state index in [1.54, 1.807) is 47.9 Å². The van der Waals surface area contributed by atoms with E-state index in [1.807, 2.05) is 0 Å². The molecule has 2 N–H and O–H groups in total. The molecule has 0 radical (unpaired) electrons. The molecule has 1 amide bonds. The summed E-state index contributed by atoms with van der Waals surface area (Å²) in [5.74, 6) is 0.315. The quantitative estimate of drug-likeness (QED) is 0.501. The van der Waals surface area contributed by atoms with Crippen LogP contribution in [0, 0.1) is 12.7 Å². The number of rotatable bonds is 5. The van der Waals surface area contributed by atoms with Gasteiger partial charge in [0.15, 0.2) is 5.01 Å². The second kappa shape index (κ2) is 7.72. The first-order valence-electron chi connectivity index (χ1n) is 9.92. The Morgan fingerprint density at radius 1 is 1.19 bits per heavy atom. The minimum Gasteiger partial charge on any atom is -0.445 e. The molecule has 1 aliphatic rings. The number of nitrogens with zero attached hydrogens (tertiary/aromatic N) is 4. The molecule has 0 fully saturated rings. The van der Waals surface area contributed by atoms with E-state index < -0.39 is 5.91 Å². The van der Waals surface area contributed by atoms with Crippen molar-refractivity contribution in [2.75, 3.05) is 0 Å². The Hall–Kier alpha value is -3.79. The van der Waals surface area contributed by atoms with Crippen LogP contribution in [0.15, 0.2) is 53.3 Å². The van der Waals surface area contributed by atoms with Gasteiger partial charge in [-0.2, -0.15) is 4.68 Å². The molecule has 1 unspecified atom stereocenters. The summed E-state index contributed by atoms with van der Waals surface area (Å²) >= 11 is 1.08. The summed E-state index contributed by atoms with van der Waals surface area (Å²) in [6.07, 6.45) is 1.41.